The normalized spacial score (nSPS) is 11.0. The SMILES string of the molecule is CCSc1nnc(NC(=O)CSc2c(C)[nH]c3ccccc23)s1. The molecule has 2 aromatic heterocycles. The first-order chi connectivity index (χ1) is 11.2. The highest BCUT2D eigenvalue weighted by molar-refractivity contribution is 8.01. The molecule has 0 aliphatic rings. The number of anilines is 1. The number of thioether (sulfide) groups is 2. The summed E-state index contributed by atoms with van der Waals surface area (Å²) in [5.74, 6) is 1.22. The van der Waals surface area contributed by atoms with Crippen LogP contribution < -0.4 is 5.32 Å². The molecule has 5 nitrogen and oxygen atoms in total. The maximum absolute atomic E-state index is 12.1. The third-order valence-electron chi connectivity index (χ3n) is 3.10. The molecule has 0 fully saturated rings. The number of aryl methyl sites for hydroxylation is 1. The standard InChI is InChI=1S/C15H16N4OS3/c1-3-21-15-19-18-14(23-15)17-12(20)8-22-13-9(2)16-11-7-5-4-6-10(11)13/h4-7,16H,3,8H2,1-2H3,(H,17,18,20). The number of rotatable bonds is 6. The number of nitrogens with zero attached hydrogens (tertiary/aromatic N) is 2. The minimum absolute atomic E-state index is 0.0659. The maximum atomic E-state index is 12.1. The first-order valence-electron chi connectivity index (χ1n) is 7.13. The van der Waals surface area contributed by atoms with Crippen LogP contribution >= 0.6 is 34.9 Å². The van der Waals surface area contributed by atoms with Gasteiger partial charge in [0.05, 0.1) is 5.75 Å². The molecule has 2 N–H and O–H groups in total. The van der Waals surface area contributed by atoms with E-state index in [4.69, 9.17) is 0 Å². The Morgan fingerprint density at radius 1 is 1.30 bits per heavy atom. The molecule has 0 unspecified atom stereocenters. The van der Waals surface area contributed by atoms with Gasteiger partial charge >= 0.3 is 0 Å². The van der Waals surface area contributed by atoms with Gasteiger partial charge in [-0.3, -0.25) is 10.1 Å². The molecule has 1 amide bonds. The second-order valence-corrected chi connectivity index (χ2v) is 8.24. The molecule has 0 atom stereocenters. The van der Waals surface area contributed by atoms with E-state index in [2.05, 4.69) is 33.5 Å². The first-order valence-corrected chi connectivity index (χ1v) is 9.92. The van der Waals surface area contributed by atoms with Crippen LogP contribution in [0.2, 0.25) is 0 Å². The number of H-pyrrole nitrogens is 1. The molecule has 3 aromatic rings. The van der Waals surface area contributed by atoms with Crippen LogP contribution in [0.15, 0.2) is 33.5 Å². The van der Waals surface area contributed by atoms with Gasteiger partial charge in [-0.05, 0) is 18.7 Å². The van der Waals surface area contributed by atoms with Gasteiger partial charge in [-0.15, -0.1) is 22.0 Å². The van der Waals surface area contributed by atoms with E-state index < -0.39 is 0 Å². The number of para-hydroxylation sites is 1. The predicted octanol–water partition coefficient (Wildman–Crippen LogP) is 4.17. The third kappa shape index (κ3) is 3.88. The molecule has 0 bridgehead atoms. The molecule has 0 saturated heterocycles. The average Bonchev–Trinajstić information content (AvgIpc) is 3.09. The molecule has 8 heteroatoms. The Kier molecular flexibility index (Phi) is 5.24. The van der Waals surface area contributed by atoms with Crippen LogP contribution in [0.5, 0.6) is 0 Å². The molecule has 120 valence electrons. The number of hydrogen-bond donors (Lipinski definition) is 2. The maximum Gasteiger partial charge on any atom is 0.236 e. The van der Waals surface area contributed by atoms with Crippen molar-refractivity contribution in [3.63, 3.8) is 0 Å². The van der Waals surface area contributed by atoms with Crippen LogP contribution in [0.1, 0.15) is 12.6 Å². The summed E-state index contributed by atoms with van der Waals surface area (Å²) in [6, 6.07) is 8.12. The lowest BCUT2D eigenvalue weighted by Gasteiger charge is -2.02. The Balaban J connectivity index is 1.62. The van der Waals surface area contributed by atoms with Crippen LogP contribution in [-0.2, 0) is 4.79 Å². The Bertz CT molecular complexity index is 827. The summed E-state index contributed by atoms with van der Waals surface area (Å²) in [5, 5.41) is 12.5. The summed E-state index contributed by atoms with van der Waals surface area (Å²) in [4.78, 5) is 16.6. The van der Waals surface area contributed by atoms with Crippen molar-refractivity contribution in [2.75, 3.05) is 16.8 Å². The van der Waals surface area contributed by atoms with E-state index in [1.165, 1.54) is 23.1 Å². The molecule has 3 rings (SSSR count). The van der Waals surface area contributed by atoms with Crippen molar-refractivity contribution in [1.29, 1.82) is 0 Å². The molecule has 0 spiro atoms. The number of hydrogen-bond acceptors (Lipinski definition) is 6. The van der Waals surface area contributed by atoms with Crippen LogP contribution in [0, 0.1) is 6.92 Å². The smallest absolute Gasteiger partial charge is 0.236 e. The molecule has 1 aromatic carbocycles. The van der Waals surface area contributed by atoms with Crippen LogP contribution in [0.4, 0.5) is 5.13 Å². The number of carbonyl (C=O) groups excluding carboxylic acids is 1. The van der Waals surface area contributed by atoms with Crippen molar-refractivity contribution < 1.29 is 4.79 Å². The van der Waals surface area contributed by atoms with Crippen LogP contribution in [0.3, 0.4) is 0 Å². The lowest BCUT2D eigenvalue weighted by Crippen LogP contribution is -2.13. The fraction of sp³-hybridized carbons (Fsp3) is 0.267. The molecule has 23 heavy (non-hydrogen) atoms. The molecule has 0 radical (unpaired) electrons. The minimum Gasteiger partial charge on any atom is -0.358 e. The van der Waals surface area contributed by atoms with Gasteiger partial charge < -0.3 is 4.98 Å². The lowest BCUT2D eigenvalue weighted by atomic mass is 10.2. The highest BCUT2D eigenvalue weighted by Crippen LogP contribution is 2.31. The number of carbonyl (C=O) groups is 1. The van der Waals surface area contributed by atoms with Gasteiger partial charge in [-0.25, -0.2) is 0 Å². The Labute approximate surface area is 146 Å². The lowest BCUT2D eigenvalue weighted by molar-refractivity contribution is -0.113. The average molecular weight is 365 g/mol. The summed E-state index contributed by atoms with van der Waals surface area (Å²) in [7, 11) is 0. The summed E-state index contributed by atoms with van der Waals surface area (Å²) in [6.45, 7) is 4.09. The van der Waals surface area contributed by atoms with Gasteiger partial charge in [0.2, 0.25) is 11.0 Å². The molecule has 0 aliphatic heterocycles. The largest absolute Gasteiger partial charge is 0.358 e. The van der Waals surface area contributed by atoms with Gasteiger partial charge in [0.1, 0.15) is 0 Å². The van der Waals surface area contributed by atoms with Gasteiger partial charge in [0.25, 0.3) is 0 Å². The number of nitrogens with one attached hydrogen (secondary N) is 2. The minimum atomic E-state index is -0.0659. The zero-order valence-corrected chi connectivity index (χ0v) is 15.2. The Morgan fingerprint density at radius 2 is 2.13 bits per heavy atom. The van der Waals surface area contributed by atoms with E-state index in [9.17, 15) is 4.79 Å². The molecular formula is C15H16N4OS3. The number of aromatic nitrogens is 3. The van der Waals surface area contributed by atoms with Gasteiger partial charge in [0.15, 0.2) is 4.34 Å². The van der Waals surface area contributed by atoms with Crippen molar-refractivity contribution in [3.05, 3.63) is 30.0 Å². The fourth-order valence-electron chi connectivity index (χ4n) is 2.17. The van der Waals surface area contributed by atoms with E-state index in [-0.39, 0.29) is 5.91 Å². The molecule has 2 heterocycles. The number of fused-ring (bicyclic) bond motifs is 1. The van der Waals surface area contributed by atoms with Crippen molar-refractivity contribution in [2.45, 2.75) is 23.1 Å². The van der Waals surface area contributed by atoms with Crippen LogP contribution in [0.25, 0.3) is 10.9 Å². The number of aromatic amines is 1. The Morgan fingerprint density at radius 3 is 2.96 bits per heavy atom. The highest BCUT2D eigenvalue weighted by Gasteiger charge is 2.12. The third-order valence-corrected chi connectivity index (χ3v) is 6.18. The van der Waals surface area contributed by atoms with E-state index in [1.54, 1.807) is 11.8 Å². The molecule has 0 aliphatic carbocycles. The fourth-order valence-corrected chi connectivity index (χ4v) is 4.79. The second kappa shape index (κ2) is 7.37. The van der Waals surface area contributed by atoms with E-state index in [1.807, 2.05) is 25.1 Å². The van der Waals surface area contributed by atoms with Gasteiger partial charge in [0, 0.05) is 21.5 Å². The van der Waals surface area contributed by atoms with Gasteiger partial charge in [-0.2, -0.15) is 0 Å². The topological polar surface area (TPSA) is 70.7 Å². The van der Waals surface area contributed by atoms with Crippen molar-refractivity contribution in [1.82, 2.24) is 15.2 Å². The van der Waals surface area contributed by atoms with Crippen molar-refractivity contribution in [3.8, 4) is 0 Å². The first kappa shape index (κ1) is 16.4. The van der Waals surface area contributed by atoms with Gasteiger partial charge in [-0.1, -0.05) is 48.2 Å². The zero-order valence-electron chi connectivity index (χ0n) is 12.8. The van der Waals surface area contributed by atoms with E-state index in [0.717, 1.165) is 31.6 Å². The highest BCUT2D eigenvalue weighted by atomic mass is 32.2. The Hall–Kier alpha value is -1.51. The van der Waals surface area contributed by atoms with Crippen molar-refractivity contribution in [2.24, 2.45) is 0 Å². The number of benzene rings is 1. The molecule has 0 saturated carbocycles. The van der Waals surface area contributed by atoms with Crippen molar-refractivity contribution >= 4 is 56.8 Å². The quantitative estimate of drug-likeness (QED) is 0.507. The predicted molar refractivity (Wildman–Crippen MR) is 98.7 cm³/mol. The summed E-state index contributed by atoms with van der Waals surface area (Å²) in [6.07, 6.45) is 0. The summed E-state index contributed by atoms with van der Waals surface area (Å²) in [5.41, 5.74) is 2.18. The number of amides is 1. The van der Waals surface area contributed by atoms with E-state index >= 15 is 0 Å². The second-order valence-electron chi connectivity index (χ2n) is 4.77. The summed E-state index contributed by atoms with van der Waals surface area (Å²) >= 11 is 4.57. The molecular weight excluding hydrogens is 348 g/mol. The monoisotopic (exact) mass is 364 g/mol. The zero-order chi connectivity index (χ0) is 16.2. The van der Waals surface area contributed by atoms with Crippen LogP contribution in [-0.4, -0.2) is 32.6 Å². The summed E-state index contributed by atoms with van der Waals surface area (Å²) < 4.78 is 0.878. The van der Waals surface area contributed by atoms with E-state index in [0.29, 0.717) is 10.9 Å².